The molecule has 2 aromatic rings. The van der Waals surface area contributed by atoms with Crippen molar-refractivity contribution in [2.75, 3.05) is 12.3 Å². The van der Waals surface area contributed by atoms with Crippen molar-refractivity contribution in [3.05, 3.63) is 68.7 Å². The number of hydrogen-bond donors (Lipinski definition) is 0. The molecule has 1 aliphatic rings. The Bertz CT molecular complexity index is 916. The summed E-state index contributed by atoms with van der Waals surface area (Å²) in [6.45, 7) is 1.93. The van der Waals surface area contributed by atoms with E-state index < -0.39 is 14.9 Å². The van der Waals surface area contributed by atoms with Crippen molar-refractivity contribution in [1.82, 2.24) is 4.31 Å². The maximum Gasteiger partial charge on any atom is 0.273 e. The highest BCUT2D eigenvalue weighted by Gasteiger charge is 2.37. The Hall–Kier alpha value is -1.61. The number of rotatable bonds is 4. The van der Waals surface area contributed by atoms with Gasteiger partial charge in [-0.3, -0.25) is 10.1 Å². The second-order valence-corrected chi connectivity index (χ2v) is 9.11. The molecule has 3 rings (SSSR count). The van der Waals surface area contributed by atoms with Gasteiger partial charge in [0.15, 0.2) is 0 Å². The van der Waals surface area contributed by atoms with Gasteiger partial charge in [0.2, 0.25) is 10.0 Å². The van der Waals surface area contributed by atoms with Gasteiger partial charge in [-0.05, 0) is 30.7 Å². The van der Waals surface area contributed by atoms with E-state index in [1.165, 1.54) is 28.2 Å². The summed E-state index contributed by atoms with van der Waals surface area (Å²) < 4.78 is 27.5. The first-order valence-corrected chi connectivity index (χ1v) is 10.3. The lowest BCUT2D eigenvalue weighted by molar-refractivity contribution is -0.385. The maximum atomic E-state index is 13.0. The summed E-state index contributed by atoms with van der Waals surface area (Å²) in [4.78, 5) is 10.5. The second-order valence-electron chi connectivity index (χ2n) is 5.60. The Morgan fingerprint density at radius 1 is 1.24 bits per heavy atom. The molecule has 9 heteroatoms. The number of aryl methyl sites for hydroxylation is 1. The van der Waals surface area contributed by atoms with Crippen LogP contribution in [0.4, 0.5) is 5.69 Å². The number of hydrogen-bond acceptors (Lipinski definition) is 5. The first-order chi connectivity index (χ1) is 11.8. The molecule has 1 saturated heterocycles. The molecule has 0 N–H and O–H groups in total. The average Bonchev–Trinajstić information content (AvgIpc) is 3.06. The van der Waals surface area contributed by atoms with E-state index >= 15 is 0 Å². The van der Waals surface area contributed by atoms with Gasteiger partial charge < -0.3 is 0 Å². The molecular formula is C16H15ClN2O4S2. The largest absolute Gasteiger partial charge is 0.273 e. The minimum Gasteiger partial charge on any atom is -0.258 e. The fraction of sp³-hybridized carbons (Fsp3) is 0.250. The number of nitrogens with zero attached hydrogens (tertiary/aromatic N) is 2. The van der Waals surface area contributed by atoms with Gasteiger partial charge in [-0.25, -0.2) is 8.42 Å². The zero-order valence-corrected chi connectivity index (χ0v) is 15.6. The Labute approximate surface area is 155 Å². The minimum absolute atomic E-state index is 0.0636. The zero-order chi connectivity index (χ0) is 18.2. The third kappa shape index (κ3) is 3.52. The average molecular weight is 399 g/mol. The fourth-order valence-electron chi connectivity index (χ4n) is 2.67. The zero-order valence-electron chi connectivity index (χ0n) is 13.3. The lowest BCUT2D eigenvalue weighted by Gasteiger charge is -2.23. The molecular weight excluding hydrogens is 384 g/mol. The molecule has 1 heterocycles. The summed E-state index contributed by atoms with van der Waals surface area (Å²) in [5.41, 5.74) is 1.06. The summed E-state index contributed by atoms with van der Waals surface area (Å²) in [5.74, 6) is 0.653. The molecule has 0 unspecified atom stereocenters. The van der Waals surface area contributed by atoms with Crippen molar-refractivity contribution >= 4 is 39.1 Å². The molecule has 25 heavy (non-hydrogen) atoms. The number of benzene rings is 2. The van der Waals surface area contributed by atoms with E-state index in [1.54, 1.807) is 31.2 Å². The molecule has 2 aromatic carbocycles. The normalized spacial score (nSPS) is 18.4. The maximum absolute atomic E-state index is 13.0. The smallest absolute Gasteiger partial charge is 0.258 e. The van der Waals surface area contributed by atoms with Crippen molar-refractivity contribution in [1.29, 1.82) is 0 Å². The van der Waals surface area contributed by atoms with Gasteiger partial charge in [-0.2, -0.15) is 4.31 Å². The highest BCUT2D eigenvalue weighted by atomic mass is 35.5. The van der Waals surface area contributed by atoms with Crippen LogP contribution >= 0.6 is 23.4 Å². The molecule has 6 nitrogen and oxygen atoms in total. The van der Waals surface area contributed by atoms with Crippen molar-refractivity contribution in [2.45, 2.75) is 17.2 Å². The van der Waals surface area contributed by atoms with Crippen LogP contribution < -0.4 is 0 Å². The molecule has 1 fully saturated rings. The summed E-state index contributed by atoms with van der Waals surface area (Å²) in [6, 6.07) is 11.0. The molecule has 0 radical (unpaired) electrons. The van der Waals surface area contributed by atoms with Crippen LogP contribution in [0.25, 0.3) is 0 Å². The van der Waals surface area contributed by atoms with E-state index in [1.807, 2.05) is 0 Å². The van der Waals surface area contributed by atoms with Crippen LogP contribution in [0.3, 0.4) is 0 Å². The monoisotopic (exact) mass is 398 g/mol. The molecule has 0 spiro atoms. The Morgan fingerprint density at radius 3 is 2.56 bits per heavy atom. The van der Waals surface area contributed by atoms with Gasteiger partial charge in [0.25, 0.3) is 5.69 Å². The number of nitro groups is 1. The molecule has 0 saturated carbocycles. The van der Waals surface area contributed by atoms with Gasteiger partial charge in [0, 0.05) is 29.0 Å². The molecule has 0 amide bonds. The summed E-state index contributed by atoms with van der Waals surface area (Å²) in [7, 11) is -3.84. The lowest BCUT2D eigenvalue weighted by atomic mass is 10.2. The molecule has 0 bridgehead atoms. The predicted molar refractivity (Wildman–Crippen MR) is 98.4 cm³/mol. The van der Waals surface area contributed by atoms with E-state index in [0.29, 0.717) is 22.9 Å². The summed E-state index contributed by atoms with van der Waals surface area (Å²) >= 11 is 7.41. The van der Waals surface area contributed by atoms with Crippen LogP contribution in [0.1, 0.15) is 16.5 Å². The standard InChI is InChI=1S/C16H15ClN2O4S2/c1-11-2-7-14(10-15(11)19(20)21)25(22,23)18-8-9-24-16(18)12-3-5-13(17)6-4-12/h2-7,10,16H,8-9H2,1H3/t16-/m1/s1. The van der Waals surface area contributed by atoms with E-state index in [0.717, 1.165) is 11.6 Å². The number of sulfonamides is 1. The molecule has 0 aromatic heterocycles. The molecule has 1 atom stereocenters. The quantitative estimate of drug-likeness (QED) is 0.574. The first-order valence-electron chi connectivity index (χ1n) is 7.44. The third-order valence-electron chi connectivity index (χ3n) is 3.99. The van der Waals surface area contributed by atoms with E-state index in [2.05, 4.69) is 0 Å². The van der Waals surface area contributed by atoms with Crippen LogP contribution in [0.15, 0.2) is 47.4 Å². The third-order valence-corrected chi connectivity index (χ3v) is 7.49. The highest BCUT2D eigenvalue weighted by Crippen LogP contribution is 2.42. The van der Waals surface area contributed by atoms with E-state index in [-0.39, 0.29) is 16.0 Å². The number of halogens is 1. The number of thioether (sulfide) groups is 1. The Balaban J connectivity index is 2.00. The summed E-state index contributed by atoms with van der Waals surface area (Å²) in [6.07, 6.45) is 0. The van der Waals surface area contributed by atoms with Crippen LogP contribution in [-0.4, -0.2) is 29.9 Å². The molecule has 132 valence electrons. The first kappa shape index (κ1) is 18.2. The Kier molecular flexibility index (Phi) is 5.06. The topological polar surface area (TPSA) is 80.5 Å². The summed E-state index contributed by atoms with van der Waals surface area (Å²) in [5, 5.41) is 11.3. The van der Waals surface area contributed by atoms with E-state index in [9.17, 15) is 18.5 Å². The van der Waals surface area contributed by atoms with Gasteiger partial charge in [0.1, 0.15) is 0 Å². The fourth-order valence-corrected chi connectivity index (χ4v) is 6.06. The van der Waals surface area contributed by atoms with Gasteiger partial charge >= 0.3 is 0 Å². The van der Waals surface area contributed by atoms with Crippen molar-refractivity contribution in [3.63, 3.8) is 0 Å². The van der Waals surface area contributed by atoms with Crippen molar-refractivity contribution < 1.29 is 13.3 Å². The lowest BCUT2D eigenvalue weighted by Crippen LogP contribution is -2.30. The number of nitro benzene ring substituents is 1. The van der Waals surface area contributed by atoms with Crippen LogP contribution in [0.5, 0.6) is 0 Å². The van der Waals surface area contributed by atoms with Gasteiger partial charge in [-0.1, -0.05) is 29.8 Å². The predicted octanol–water partition coefficient (Wildman–Crippen LogP) is 3.99. The minimum atomic E-state index is -3.84. The van der Waals surface area contributed by atoms with Crippen LogP contribution in [-0.2, 0) is 10.0 Å². The SMILES string of the molecule is Cc1ccc(S(=O)(=O)N2CCS[C@@H]2c2ccc(Cl)cc2)cc1[N+](=O)[O-]. The van der Waals surface area contributed by atoms with Crippen molar-refractivity contribution in [2.24, 2.45) is 0 Å². The van der Waals surface area contributed by atoms with Crippen LogP contribution in [0, 0.1) is 17.0 Å². The van der Waals surface area contributed by atoms with Gasteiger partial charge in [0.05, 0.1) is 15.2 Å². The van der Waals surface area contributed by atoms with Crippen LogP contribution in [0.2, 0.25) is 5.02 Å². The van der Waals surface area contributed by atoms with Gasteiger partial charge in [-0.15, -0.1) is 11.8 Å². The highest BCUT2D eigenvalue weighted by molar-refractivity contribution is 8.01. The molecule has 0 aliphatic carbocycles. The second kappa shape index (κ2) is 6.95. The van der Waals surface area contributed by atoms with E-state index in [4.69, 9.17) is 11.6 Å². The molecule has 1 aliphatic heterocycles. The van der Waals surface area contributed by atoms with Crippen molar-refractivity contribution in [3.8, 4) is 0 Å². The Morgan fingerprint density at radius 2 is 1.92 bits per heavy atom.